The minimum atomic E-state index is -1.22. The summed E-state index contributed by atoms with van der Waals surface area (Å²) in [4.78, 5) is 46.2. The Labute approximate surface area is 420 Å². The molecule has 70 heavy (non-hydrogen) atoms. The van der Waals surface area contributed by atoms with Crippen molar-refractivity contribution in [3.05, 3.63) is 130 Å². The van der Waals surface area contributed by atoms with Crippen LogP contribution in [0.25, 0.3) is 0 Å². The molecule has 4 aliphatic heterocycles. The van der Waals surface area contributed by atoms with Crippen molar-refractivity contribution in [1.29, 1.82) is 0 Å². The lowest BCUT2D eigenvalue weighted by atomic mass is 9.88. The Morgan fingerprint density at radius 1 is 0.600 bits per heavy atom. The van der Waals surface area contributed by atoms with Crippen LogP contribution in [0, 0.1) is 0 Å². The van der Waals surface area contributed by atoms with E-state index in [2.05, 4.69) is 35.6 Å². The van der Waals surface area contributed by atoms with Crippen LogP contribution in [-0.2, 0) is 17.8 Å². The van der Waals surface area contributed by atoms with Crippen molar-refractivity contribution in [2.24, 2.45) is 5.73 Å². The average molecular weight is 984 g/mol. The van der Waals surface area contributed by atoms with E-state index >= 15 is 0 Å². The molecule has 0 bridgehead atoms. The molecule has 3 amide bonds. The molecule has 4 aromatic rings. The summed E-state index contributed by atoms with van der Waals surface area (Å²) in [6, 6.07) is 31.6. The first-order chi connectivity index (χ1) is 32.4. The number of halogens is 1. The van der Waals surface area contributed by atoms with Gasteiger partial charge in [0.25, 0.3) is 11.8 Å². The molecule has 15 heteroatoms. The number of aliphatic hydroxyl groups is 4. The van der Waals surface area contributed by atoms with Crippen molar-refractivity contribution in [2.75, 3.05) is 62.2 Å². The number of benzene rings is 4. The summed E-state index contributed by atoms with van der Waals surface area (Å²) in [6.07, 6.45) is 3.19. The maximum atomic E-state index is 13.3. The number of nitrogens with zero attached hydrogens (tertiary/aromatic N) is 4. The molecule has 4 aromatic carbocycles. The van der Waals surface area contributed by atoms with E-state index in [-0.39, 0.29) is 24.2 Å². The number of rotatable bonds is 9. The lowest BCUT2D eigenvalue weighted by Gasteiger charge is -2.32. The highest BCUT2D eigenvalue weighted by Crippen LogP contribution is 2.37. The fraction of sp³-hybridized carbons (Fsp3) is 0.509. The van der Waals surface area contributed by atoms with Gasteiger partial charge in [0.1, 0.15) is 28.0 Å². The second kappa shape index (κ2) is 21.6. The van der Waals surface area contributed by atoms with Gasteiger partial charge in [-0.15, -0.1) is 12.4 Å². The first kappa shape index (κ1) is 54.1. The van der Waals surface area contributed by atoms with E-state index in [1.54, 1.807) is 27.7 Å². The van der Waals surface area contributed by atoms with Crippen molar-refractivity contribution in [3.63, 3.8) is 0 Å². The van der Waals surface area contributed by atoms with Gasteiger partial charge in [0.05, 0.1) is 0 Å². The Kier molecular flexibility index (Phi) is 16.7. The first-order valence-electron chi connectivity index (χ1n) is 24.5. The van der Waals surface area contributed by atoms with Crippen molar-refractivity contribution >= 4 is 41.7 Å². The highest BCUT2D eigenvalue weighted by atomic mass is 35.5. The minimum absolute atomic E-state index is 0. The minimum Gasteiger partial charge on any atom is -0.444 e. The summed E-state index contributed by atoms with van der Waals surface area (Å²) in [6.45, 7) is 17.1. The number of nitrogens with one attached hydrogen (secondary N) is 1. The van der Waals surface area contributed by atoms with Gasteiger partial charge in [0.15, 0.2) is 0 Å². The van der Waals surface area contributed by atoms with Crippen LogP contribution in [0.5, 0.6) is 0 Å². The van der Waals surface area contributed by atoms with Crippen LogP contribution < -0.4 is 20.9 Å². The van der Waals surface area contributed by atoms with E-state index in [9.17, 15) is 34.8 Å². The second-order valence-electron chi connectivity index (χ2n) is 21.6. The predicted molar refractivity (Wildman–Crippen MR) is 277 cm³/mol. The molecule has 4 aliphatic rings. The van der Waals surface area contributed by atoms with Crippen LogP contribution in [0.4, 0.5) is 16.2 Å². The van der Waals surface area contributed by atoms with Gasteiger partial charge in [-0.3, -0.25) is 9.59 Å². The molecular formula is C55H75ClN6O8. The van der Waals surface area contributed by atoms with Gasteiger partial charge in [-0.2, -0.15) is 0 Å². The van der Waals surface area contributed by atoms with E-state index < -0.39 is 34.1 Å². The van der Waals surface area contributed by atoms with Crippen LogP contribution in [0.15, 0.2) is 97.1 Å². The summed E-state index contributed by atoms with van der Waals surface area (Å²) >= 11 is 0. The maximum Gasteiger partial charge on any atom is 0.407 e. The summed E-state index contributed by atoms with van der Waals surface area (Å²) in [5.74, 6) is 0.837. The number of anilines is 2. The Balaban J connectivity index is 0.000000231. The summed E-state index contributed by atoms with van der Waals surface area (Å²) in [5.41, 5.74) is 8.01. The standard InChI is InChI=1S/C30H41N3O5.C25H33N3O3.ClH/c1-28(2,3)38-27(35)31-18-21-8-6-9-23(16-21)22-12-14-32(15-13-22)26(34)24-10-7-11-25(17-24)33-19-29(4,36)30(5,37)20-33;1-24(30)16-28(17-25(24,2)31)22-8-4-7-21(14-22)23(29)27-11-9-19(10-12-27)20-6-3-5-18(13-20)15-26;/h6-11,16-17,22,36-37H,12-15,18-20H2,1-5H3,(H,31,35);3-8,13-14,19,30-31H,9-12,15-17,26H2,1-2H3;1H. The lowest BCUT2D eigenvalue weighted by Crippen LogP contribution is -2.48. The molecule has 14 nitrogen and oxygen atoms in total. The van der Waals surface area contributed by atoms with Crippen molar-refractivity contribution in [1.82, 2.24) is 15.1 Å². The van der Waals surface area contributed by atoms with Crippen LogP contribution in [0.2, 0.25) is 0 Å². The number of nitrogens with two attached hydrogens (primary N) is 1. The Hall–Kier alpha value is -5.22. The summed E-state index contributed by atoms with van der Waals surface area (Å²) in [5, 5.41) is 45.0. The van der Waals surface area contributed by atoms with Gasteiger partial charge in [-0.25, -0.2) is 4.79 Å². The molecule has 4 fully saturated rings. The monoisotopic (exact) mass is 983 g/mol. The van der Waals surface area contributed by atoms with E-state index in [4.69, 9.17) is 10.5 Å². The fourth-order valence-corrected chi connectivity index (χ4v) is 9.93. The SMILES string of the molecule is CC(C)(C)OC(=O)NCc1cccc(C2CCN(C(=O)c3cccc(N4CC(C)(O)C(C)(O)C4)c3)CC2)c1.CC1(O)CN(c2cccc(C(=O)N3CCC(c4cccc(CN)c4)CC3)c2)CC1(C)O.Cl. The molecule has 0 radical (unpaired) electrons. The van der Waals surface area contributed by atoms with Gasteiger partial charge in [-0.1, -0.05) is 60.7 Å². The second-order valence-corrected chi connectivity index (χ2v) is 21.6. The number of carbonyl (C=O) groups is 3. The number of hydrogen-bond donors (Lipinski definition) is 6. The quantitative estimate of drug-likeness (QED) is 0.102. The van der Waals surface area contributed by atoms with Crippen LogP contribution in [0.1, 0.15) is 129 Å². The zero-order valence-corrected chi connectivity index (χ0v) is 42.8. The number of piperidine rings is 2. The number of ether oxygens (including phenoxy) is 1. The summed E-state index contributed by atoms with van der Waals surface area (Å²) < 4.78 is 5.32. The summed E-state index contributed by atoms with van der Waals surface area (Å²) in [7, 11) is 0. The third-order valence-corrected chi connectivity index (χ3v) is 14.7. The van der Waals surface area contributed by atoms with Gasteiger partial charge >= 0.3 is 6.09 Å². The van der Waals surface area contributed by atoms with Gasteiger partial charge in [0.2, 0.25) is 0 Å². The number of β-amino-alcohol motifs (C(OH)–C–C–N with tert-alkyl or cyclic N) is 4. The molecule has 0 saturated carbocycles. The largest absolute Gasteiger partial charge is 0.444 e. The molecule has 0 aromatic heterocycles. The molecule has 7 N–H and O–H groups in total. The van der Waals surface area contributed by atoms with E-state index in [1.165, 1.54) is 11.1 Å². The molecule has 0 aliphatic carbocycles. The molecule has 4 heterocycles. The van der Waals surface area contributed by atoms with Crippen molar-refractivity contribution in [2.45, 2.75) is 127 Å². The van der Waals surface area contributed by atoms with Crippen LogP contribution in [0.3, 0.4) is 0 Å². The molecule has 4 unspecified atom stereocenters. The Morgan fingerprint density at radius 2 is 0.971 bits per heavy atom. The Bertz CT molecular complexity index is 2420. The zero-order valence-electron chi connectivity index (χ0n) is 42.0. The lowest BCUT2D eigenvalue weighted by molar-refractivity contribution is -0.0935. The number of alkyl carbamates (subject to hydrolysis) is 1. The fourth-order valence-electron chi connectivity index (χ4n) is 9.93. The van der Waals surface area contributed by atoms with E-state index in [0.29, 0.717) is 75.3 Å². The Morgan fingerprint density at radius 3 is 1.36 bits per heavy atom. The molecule has 0 spiro atoms. The topological polar surface area (TPSA) is 192 Å². The smallest absolute Gasteiger partial charge is 0.407 e. The number of hydrogen-bond acceptors (Lipinski definition) is 11. The van der Waals surface area contributed by atoms with E-state index in [1.807, 2.05) is 107 Å². The molecule has 4 atom stereocenters. The molecule has 380 valence electrons. The molecular weight excluding hydrogens is 908 g/mol. The normalized spacial score (nSPS) is 25.2. The highest BCUT2D eigenvalue weighted by molar-refractivity contribution is 5.96. The number of likely N-dealkylation sites (tertiary alicyclic amines) is 2. The van der Waals surface area contributed by atoms with Crippen LogP contribution >= 0.6 is 12.4 Å². The molecule has 8 rings (SSSR count). The zero-order chi connectivity index (χ0) is 49.9. The third-order valence-electron chi connectivity index (χ3n) is 14.7. The highest BCUT2D eigenvalue weighted by Gasteiger charge is 2.51. The van der Waals surface area contributed by atoms with E-state index in [0.717, 1.165) is 61.3 Å². The predicted octanol–water partition coefficient (Wildman–Crippen LogP) is 6.96. The maximum absolute atomic E-state index is 13.3. The van der Waals surface area contributed by atoms with Gasteiger partial charge in [0, 0.05) is 87.9 Å². The number of amides is 3. The van der Waals surface area contributed by atoms with Crippen molar-refractivity contribution < 1.29 is 39.5 Å². The van der Waals surface area contributed by atoms with Gasteiger partial charge in [-0.05, 0) is 145 Å². The van der Waals surface area contributed by atoms with Gasteiger partial charge < -0.3 is 55.8 Å². The average Bonchev–Trinajstić information content (AvgIpc) is 3.69. The molecule has 4 saturated heterocycles. The first-order valence-corrected chi connectivity index (χ1v) is 24.5. The third kappa shape index (κ3) is 12.8. The van der Waals surface area contributed by atoms with Crippen LogP contribution in [-0.4, -0.2) is 128 Å². The van der Waals surface area contributed by atoms with Crippen molar-refractivity contribution in [3.8, 4) is 0 Å². The number of carbonyl (C=O) groups excluding carboxylic acids is 3.